The van der Waals surface area contributed by atoms with Gasteiger partial charge in [0.25, 0.3) is 5.69 Å². The van der Waals surface area contributed by atoms with Gasteiger partial charge in [0.2, 0.25) is 0 Å². The second kappa shape index (κ2) is 5.47. The van der Waals surface area contributed by atoms with Gasteiger partial charge in [-0.1, -0.05) is 0 Å². The van der Waals surface area contributed by atoms with Crippen LogP contribution < -0.4 is 0 Å². The summed E-state index contributed by atoms with van der Waals surface area (Å²) < 4.78 is 38.1. The van der Waals surface area contributed by atoms with Crippen LogP contribution in [0.2, 0.25) is 0 Å². The zero-order valence-electron chi connectivity index (χ0n) is 11.7. The average Bonchev–Trinajstić information content (AvgIpc) is 2.87. The summed E-state index contributed by atoms with van der Waals surface area (Å²) in [5.74, 6) is 0. The Morgan fingerprint density at radius 2 is 2.00 bits per heavy atom. The molecule has 0 radical (unpaired) electrons. The number of nitrogens with one attached hydrogen (secondary N) is 1. The summed E-state index contributed by atoms with van der Waals surface area (Å²) in [5, 5.41) is 20.6. The molecule has 0 saturated heterocycles. The van der Waals surface area contributed by atoms with Crippen LogP contribution in [-0.2, 0) is 10.9 Å². The number of alkyl halides is 3. The molecule has 5 nitrogen and oxygen atoms in total. The third kappa shape index (κ3) is 2.78. The number of fused-ring (bicyclic) bond motifs is 1. The van der Waals surface area contributed by atoms with E-state index >= 15 is 0 Å². The molecule has 2 rings (SSSR count). The molecule has 0 fully saturated rings. The van der Waals surface area contributed by atoms with Crippen LogP contribution in [0.4, 0.5) is 18.9 Å². The number of nitrogens with zero attached hydrogens (tertiary/aromatic N) is 1. The number of aromatic amines is 1. The van der Waals surface area contributed by atoms with Crippen molar-refractivity contribution in [3.63, 3.8) is 0 Å². The summed E-state index contributed by atoms with van der Waals surface area (Å²) in [6.45, 7) is 1.50. The topological polar surface area (TPSA) is 79.2 Å². The Kier molecular flexibility index (Phi) is 4.14. The number of halogens is 3. The molecule has 0 aliphatic rings. The first kappa shape index (κ1) is 16.6. The molecule has 0 bridgehead atoms. The van der Waals surface area contributed by atoms with Crippen molar-refractivity contribution in [1.82, 2.24) is 4.98 Å². The van der Waals surface area contributed by atoms with Gasteiger partial charge in [0.15, 0.2) is 0 Å². The van der Waals surface area contributed by atoms with E-state index < -0.39 is 27.1 Å². The largest absolute Gasteiger partial charge is 0.423 e. The number of hydrogen-bond donors (Lipinski definition) is 2. The molecule has 0 unspecified atom stereocenters. The number of nitro groups is 1. The maximum atomic E-state index is 12.9. The Hall–Kier alpha value is -1.74. The Labute approximate surface area is 127 Å². The summed E-state index contributed by atoms with van der Waals surface area (Å²) in [5.41, 5.74) is -1.64. The zero-order valence-corrected chi connectivity index (χ0v) is 12.5. The zero-order chi connectivity index (χ0) is 16.7. The number of rotatable bonds is 4. The molecule has 0 amide bonds. The Morgan fingerprint density at radius 1 is 1.36 bits per heavy atom. The van der Waals surface area contributed by atoms with Crippen LogP contribution in [-0.4, -0.2) is 27.9 Å². The fourth-order valence-electron chi connectivity index (χ4n) is 2.09. The van der Waals surface area contributed by atoms with Crippen LogP contribution in [0.3, 0.4) is 0 Å². The highest BCUT2D eigenvalue weighted by Crippen LogP contribution is 2.40. The van der Waals surface area contributed by atoms with E-state index in [1.54, 1.807) is 13.2 Å². The first-order valence-electron chi connectivity index (χ1n) is 6.17. The van der Waals surface area contributed by atoms with Crippen molar-refractivity contribution < 1.29 is 23.2 Å². The van der Waals surface area contributed by atoms with E-state index in [0.29, 0.717) is 11.1 Å². The molecular formula is C13H13F3N2O3S. The van der Waals surface area contributed by atoms with Gasteiger partial charge in [-0.25, -0.2) is 0 Å². The number of aromatic nitrogens is 1. The van der Waals surface area contributed by atoms with Crippen molar-refractivity contribution in [2.24, 2.45) is 0 Å². The minimum absolute atomic E-state index is 0.140. The average molecular weight is 334 g/mol. The van der Waals surface area contributed by atoms with E-state index in [2.05, 4.69) is 4.98 Å². The van der Waals surface area contributed by atoms with Gasteiger partial charge in [-0.05, 0) is 25.3 Å². The van der Waals surface area contributed by atoms with Crippen LogP contribution in [0.25, 0.3) is 10.9 Å². The molecule has 1 aromatic carbocycles. The van der Waals surface area contributed by atoms with Crippen molar-refractivity contribution in [1.29, 1.82) is 0 Å². The molecule has 0 aliphatic carbocycles. The molecule has 0 saturated carbocycles. The standard InChI is InChI=1S/C13H13F3N2O3S/c1-12(6-19,22-2)11-4-7-3-10(18(20)21)8(13(14,15)16)5-9(7)17-11/h3-5,17,19H,6H2,1-2H3/t12-/m1/s1. The summed E-state index contributed by atoms with van der Waals surface area (Å²) in [4.78, 5) is 12.6. The number of thioether (sulfide) groups is 1. The van der Waals surface area contributed by atoms with Gasteiger partial charge < -0.3 is 10.1 Å². The molecule has 9 heteroatoms. The van der Waals surface area contributed by atoms with Gasteiger partial charge in [-0.15, -0.1) is 0 Å². The van der Waals surface area contributed by atoms with Gasteiger partial charge in [-0.3, -0.25) is 10.1 Å². The number of aliphatic hydroxyl groups is 1. The molecular weight excluding hydrogens is 321 g/mol. The molecule has 0 spiro atoms. The molecule has 22 heavy (non-hydrogen) atoms. The van der Waals surface area contributed by atoms with Gasteiger partial charge in [-0.2, -0.15) is 24.9 Å². The maximum absolute atomic E-state index is 12.9. The number of benzene rings is 1. The quantitative estimate of drug-likeness (QED) is 0.660. The van der Waals surface area contributed by atoms with Gasteiger partial charge in [0.1, 0.15) is 5.56 Å². The van der Waals surface area contributed by atoms with Crippen LogP contribution >= 0.6 is 11.8 Å². The predicted molar refractivity (Wildman–Crippen MR) is 77.9 cm³/mol. The Bertz CT molecular complexity index is 723. The number of aliphatic hydroxyl groups excluding tert-OH is 1. The van der Waals surface area contributed by atoms with Crippen LogP contribution in [0, 0.1) is 10.1 Å². The van der Waals surface area contributed by atoms with Crippen molar-refractivity contribution in [3.8, 4) is 0 Å². The van der Waals surface area contributed by atoms with Crippen LogP contribution in [0.15, 0.2) is 18.2 Å². The van der Waals surface area contributed by atoms with Crippen molar-refractivity contribution in [3.05, 3.63) is 39.6 Å². The highest BCUT2D eigenvalue weighted by atomic mass is 32.2. The summed E-state index contributed by atoms with van der Waals surface area (Å²) in [7, 11) is 0. The van der Waals surface area contributed by atoms with Gasteiger partial charge in [0.05, 0.1) is 16.3 Å². The number of nitro benzene ring substituents is 1. The summed E-state index contributed by atoms with van der Waals surface area (Å²) >= 11 is 1.32. The smallest absolute Gasteiger partial charge is 0.395 e. The van der Waals surface area contributed by atoms with E-state index in [1.807, 2.05) is 0 Å². The Balaban J connectivity index is 2.71. The molecule has 0 aliphatic heterocycles. The van der Waals surface area contributed by atoms with Crippen molar-refractivity contribution in [2.45, 2.75) is 17.8 Å². The fourth-order valence-corrected chi connectivity index (χ4v) is 2.55. The van der Waals surface area contributed by atoms with E-state index in [0.717, 1.165) is 12.1 Å². The fraction of sp³-hybridized carbons (Fsp3) is 0.385. The van der Waals surface area contributed by atoms with Crippen LogP contribution in [0.1, 0.15) is 18.2 Å². The first-order valence-corrected chi connectivity index (χ1v) is 7.39. The van der Waals surface area contributed by atoms with E-state index in [9.17, 15) is 28.4 Å². The predicted octanol–water partition coefficient (Wildman–Crippen LogP) is 3.67. The van der Waals surface area contributed by atoms with Gasteiger partial charge >= 0.3 is 6.18 Å². The highest BCUT2D eigenvalue weighted by molar-refractivity contribution is 7.99. The monoisotopic (exact) mass is 334 g/mol. The second-order valence-corrected chi connectivity index (χ2v) is 6.30. The van der Waals surface area contributed by atoms with Crippen molar-refractivity contribution >= 4 is 28.4 Å². The van der Waals surface area contributed by atoms with E-state index in [4.69, 9.17) is 0 Å². The third-order valence-electron chi connectivity index (χ3n) is 3.56. The Morgan fingerprint density at radius 3 is 2.45 bits per heavy atom. The number of hydrogen-bond acceptors (Lipinski definition) is 4. The SMILES string of the molecule is CS[C@](C)(CO)c1cc2cc([N+](=O)[O-])c(C(F)(F)F)cc2[nH]1. The molecule has 1 aromatic heterocycles. The normalized spacial score (nSPS) is 15.0. The van der Waals surface area contributed by atoms with E-state index in [-0.39, 0.29) is 12.1 Å². The van der Waals surface area contributed by atoms with Crippen molar-refractivity contribution in [2.75, 3.05) is 12.9 Å². The summed E-state index contributed by atoms with van der Waals surface area (Å²) in [6, 6.07) is 3.15. The molecule has 1 atom stereocenters. The minimum atomic E-state index is -4.82. The lowest BCUT2D eigenvalue weighted by Gasteiger charge is -2.23. The van der Waals surface area contributed by atoms with Gasteiger partial charge in [0, 0.05) is 22.7 Å². The lowest BCUT2D eigenvalue weighted by molar-refractivity contribution is -0.387. The van der Waals surface area contributed by atoms with Crippen LogP contribution in [0.5, 0.6) is 0 Å². The molecule has 2 aromatic rings. The third-order valence-corrected chi connectivity index (χ3v) is 4.81. The lowest BCUT2D eigenvalue weighted by Crippen LogP contribution is -2.22. The summed E-state index contributed by atoms with van der Waals surface area (Å²) in [6.07, 6.45) is -3.06. The lowest BCUT2D eigenvalue weighted by atomic mass is 10.1. The molecule has 1 heterocycles. The second-order valence-electron chi connectivity index (χ2n) is 4.99. The minimum Gasteiger partial charge on any atom is -0.395 e. The van der Waals surface area contributed by atoms with E-state index in [1.165, 1.54) is 17.8 Å². The molecule has 120 valence electrons. The molecule has 2 N–H and O–H groups in total. The maximum Gasteiger partial charge on any atom is 0.423 e. The number of H-pyrrole nitrogens is 1. The highest BCUT2D eigenvalue weighted by Gasteiger charge is 2.39. The first-order chi connectivity index (χ1) is 10.1.